The summed E-state index contributed by atoms with van der Waals surface area (Å²) in [6, 6.07) is 6.51. The van der Waals surface area contributed by atoms with Crippen LogP contribution in [0.4, 0.5) is 18.9 Å². The molecule has 2 aromatic rings. The molecule has 0 atom stereocenters. The molecule has 0 radical (unpaired) electrons. The fourth-order valence-electron chi connectivity index (χ4n) is 2.39. The lowest BCUT2D eigenvalue weighted by molar-refractivity contribution is -0.137. The molecule has 0 aliphatic carbocycles. The molecule has 27 heavy (non-hydrogen) atoms. The molecule has 1 aromatic heterocycles. The number of carbonyl (C=O) groups is 1. The fraction of sp³-hybridized carbons (Fsp3) is 0.368. The number of alkyl halides is 3. The Hall–Kier alpha value is -2.77. The van der Waals surface area contributed by atoms with Gasteiger partial charge in [0.2, 0.25) is 5.91 Å². The molecule has 5 nitrogen and oxygen atoms in total. The first kappa shape index (κ1) is 20.5. The van der Waals surface area contributed by atoms with Crippen LogP contribution in [0.3, 0.4) is 0 Å². The number of anilines is 1. The summed E-state index contributed by atoms with van der Waals surface area (Å²) >= 11 is 0. The predicted molar refractivity (Wildman–Crippen MR) is 96.0 cm³/mol. The standard InChI is InChI=1S/C19H21F3N2O3/c1-12-6-7-13(2)16(9-12)27-8-4-3-5-17(25)24-15-10-14(19(20,21)22)11-23-18(15)26/h6-7,9-11H,3-5,8H2,1-2H3,(H,23,26)(H,24,25). The molecular weight excluding hydrogens is 361 g/mol. The Balaban J connectivity index is 1.80. The molecular formula is C19H21F3N2O3. The average molecular weight is 382 g/mol. The molecule has 8 heteroatoms. The van der Waals surface area contributed by atoms with Gasteiger partial charge in [0, 0.05) is 12.6 Å². The first-order valence-electron chi connectivity index (χ1n) is 8.46. The van der Waals surface area contributed by atoms with Gasteiger partial charge in [-0.3, -0.25) is 9.59 Å². The van der Waals surface area contributed by atoms with Crippen LogP contribution in [0.5, 0.6) is 5.75 Å². The van der Waals surface area contributed by atoms with Gasteiger partial charge in [-0.25, -0.2) is 0 Å². The van der Waals surface area contributed by atoms with E-state index in [0.717, 1.165) is 16.9 Å². The quantitative estimate of drug-likeness (QED) is 0.705. The number of aromatic amines is 1. The molecule has 0 fully saturated rings. The van der Waals surface area contributed by atoms with E-state index in [4.69, 9.17) is 4.74 Å². The number of carbonyl (C=O) groups excluding carboxylic acids is 1. The summed E-state index contributed by atoms with van der Waals surface area (Å²) in [7, 11) is 0. The largest absolute Gasteiger partial charge is 0.493 e. The van der Waals surface area contributed by atoms with Crippen molar-refractivity contribution in [3.05, 3.63) is 57.5 Å². The van der Waals surface area contributed by atoms with Gasteiger partial charge in [0.25, 0.3) is 5.56 Å². The lowest BCUT2D eigenvalue weighted by Crippen LogP contribution is -2.21. The summed E-state index contributed by atoms with van der Waals surface area (Å²) in [5, 5.41) is 2.22. The zero-order valence-corrected chi connectivity index (χ0v) is 15.1. The topological polar surface area (TPSA) is 71.2 Å². The Morgan fingerprint density at radius 2 is 1.93 bits per heavy atom. The van der Waals surface area contributed by atoms with E-state index in [1.165, 1.54) is 0 Å². The van der Waals surface area contributed by atoms with Gasteiger partial charge < -0.3 is 15.0 Å². The van der Waals surface area contributed by atoms with E-state index in [1.807, 2.05) is 37.0 Å². The van der Waals surface area contributed by atoms with Gasteiger partial charge in [0.1, 0.15) is 11.4 Å². The number of rotatable bonds is 7. The summed E-state index contributed by atoms with van der Waals surface area (Å²) in [6.45, 7) is 4.32. The minimum atomic E-state index is -4.60. The number of ether oxygens (including phenoxy) is 1. The number of H-pyrrole nitrogens is 1. The average Bonchev–Trinajstić information content (AvgIpc) is 2.58. The first-order valence-corrected chi connectivity index (χ1v) is 8.46. The minimum Gasteiger partial charge on any atom is -0.493 e. The Labute approximate surface area is 154 Å². The third kappa shape index (κ3) is 6.16. The lowest BCUT2D eigenvalue weighted by atomic mass is 10.1. The first-order chi connectivity index (χ1) is 12.7. The Morgan fingerprint density at radius 1 is 1.19 bits per heavy atom. The Bertz CT molecular complexity index is 860. The highest BCUT2D eigenvalue weighted by Gasteiger charge is 2.31. The minimum absolute atomic E-state index is 0.0752. The van der Waals surface area contributed by atoms with E-state index in [9.17, 15) is 22.8 Å². The summed E-state index contributed by atoms with van der Waals surface area (Å²) in [6.07, 6.45) is -2.88. The van der Waals surface area contributed by atoms with Crippen molar-refractivity contribution >= 4 is 11.6 Å². The van der Waals surface area contributed by atoms with Crippen LogP contribution >= 0.6 is 0 Å². The number of aryl methyl sites for hydroxylation is 2. The molecule has 0 aliphatic rings. The zero-order valence-electron chi connectivity index (χ0n) is 15.1. The van der Waals surface area contributed by atoms with Gasteiger partial charge in [-0.15, -0.1) is 0 Å². The van der Waals surface area contributed by atoms with Gasteiger partial charge >= 0.3 is 6.18 Å². The van der Waals surface area contributed by atoms with Crippen LogP contribution in [0.15, 0.2) is 35.3 Å². The van der Waals surface area contributed by atoms with Gasteiger partial charge in [0.05, 0.1) is 12.2 Å². The molecule has 0 aliphatic heterocycles. The van der Waals surface area contributed by atoms with Gasteiger partial charge in [-0.1, -0.05) is 12.1 Å². The van der Waals surface area contributed by atoms with Crippen LogP contribution < -0.4 is 15.6 Å². The van der Waals surface area contributed by atoms with Crippen molar-refractivity contribution in [3.8, 4) is 5.75 Å². The molecule has 1 amide bonds. The number of benzene rings is 1. The van der Waals surface area contributed by atoms with Crippen molar-refractivity contribution < 1.29 is 22.7 Å². The van der Waals surface area contributed by atoms with Crippen LogP contribution in [0.25, 0.3) is 0 Å². The van der Waals surface area contributed by atoms with Crippen molar-refractivity contribution in [2.75, 3.05) is 11.9 Å². The molecule has 0 unspecified atom stereocenters. The smallest absolute Gasteiger partial charge is 0.417 e. The summed E-state index contributed by atoms with van der Waals surface area (Å²) in [5.41, 5.74) is -0.126. The normalized spacial score (nSPS) is 11.3. The summed E-state index contributed by atoms with van der Waals surface area (Å²) in [5.74, 6) is 0.265. The summed E-state index contributed by atoms with van der Waals surface area (Å²) < 4.78 is 43.7. The number of hydrogen-bond acceptors (Lipinski definition) is 3. The van der Waals surface area contributed by atoms with Gasteiger partial charge in [0.15, 0.2) is 0 Å². The second-order valence-electron chi connectivity index (χ2n) is 6.25. The van der Waals surface area contributed by atoms with Gasteiger partial charge in [-0.05, 0) is 49.9 Å². The maximum absolute atomic E-state index is 12.7. The second kappa shape index (κ2) is 8.75. The van der Waals surface area contributed by atoms with Crippen molar-refractivity contribution in [2.45, 2.75) is 39.3 Å². The van der Waals surface area contributed by atoms with Crippen molar-refractivity contribution in [1.82, 2.24) is 4.98 Å². The number of pyridine rings is 1. The van der Waals surface area contributed by atoms with Crippen molar-refractivity contribution in [2.24, 2.45) is 0 Å². The van der Waals surface area contributed by atoms with Crippen LogP contribution in [-0.4, -0.2) is 17.5 Å². The predicted octanol–water partition coefficient (Wildman–Crippen LogP) is 4.20. The maximum Gasteiger partial charge on any atom is 0.417 e. The van der Waals surface area contributed by atoms with Crippen LogP contribution in [0.2, 0.25) is 0 Å². The third-order valence-corrected chi connectivity index (χ3v) is 3.90. The molecule has 2 N–H and O–H groups in total. The second-order valence-corrected chi connectivity index (χ2v) is 6.25. The fourth-order valence-corrected chi connectivity index (χ4v) is 2.39. The number of hydrogen-bond donors (Lipinski definition) is 2. The highest BCUT2D eigenvalue weighted by Crippen LogP contribution is 2.29. The highest BCUT2D eigenvalue weighted by atomic mass is 19.4. The van der Waals surface area contributed by atoms with E-state index < -0.39 is 28.9 Å². The molecule has 1 aromatic carbocycles. The number of aromatic nitrogens is 1. The molecule has 0 saturated heterocycles. The number of nitrogens with one attached hydrogen (secondary N) is 2. The van der Waals surface area contributed by atoms with Crippen LogP contribution in [0, 0.1) is 13.8 Å². The third-order valence-electron chi connectivity index (χ3n) is 3.90. The van der Waals surface area contributed by atoms with E-state index in [-0.39, 0.29) is 6.42 Å². The molecule has 2 rings (SSSR count). The summed E-state index contributed by atoms with van der Waals surface area (Å²) in [4.78, 5) is 25.4. The molecule has 0 bridgehead atoms. The van der Waals surface area contributed by atoms with E-state index in [0.29, 0.717) is 31.7 Å². The number of amides is 1. The molecule has 1 heterocycles. The zero-order chi connectivity index (χ0) is 20.0. The maximum atomic E-state index is 12.7. The molecule has 0 saturated carbocycles. The molecule has 0 spiro atoms. The van der Waals surface area contributed by atoms with Gasteiger partial charge in [-0.2, -0.15) is 13.2 Å². The molecule has 146 valence electrons. The van der Waals surface area contributed by atoms with Crippen molar-refractivity contribution in [3.63, 3.8) is 0 Å². The Kier molecular flexibility index (Phi) is 6.65. The Morgan fingerprint density at radius 3 is 2.63 bits per heavy atom. The van der Waals surface area contributed by atoms with E-state index in [1.54, 1.807) is 0 Å². The highest BCUT2D eigenvalue weighted by molar-refractivity contribution is 5.90. The monoisotopic (exact) mass is 382 g/mol. The van der Waals surface area contributed by atoms with E-state index in [2.05, 4.69) is 5.32 Å². The lowest BCUT2D eigenvalue weighted by Gasteiger charge is -2.10. The number of halogens is 3. The van der Waals surface area contributed by atoms with Crippen LogP contribution in [0.1, 0.15) is 36.0 Å². The SMILES string of the molecule is Cc1ccc(C)c(OCCCCC(=O)Nc2cc(C(F)(F)F)c[nH]c2=O)c1. The number of unbranched alkanes of at least 4 members (excludes halogenated alkanes) is 1. The van der Waals surface area contributed by atoms with Crippen LogP contribution in [-0.2, 0) is 11.0 Å². The van der Waals surface area contributed by atoms with E-state index >= 15 is 0 Å². The van der Waals surface area contributed by atoms with Crippen molar-refractivity contribution in [1.29, 1.82) is 0 Å².